The molecule has 0 aromatic heterocycles. The zero-order valence-electron chi connectivity index (χ0n) is 11.2. The number of amides is 2. The van der Waals surface area contributed by atoms with Crippen molar-refractivity contribution in [2.75, 3.05) is 13.2 Å². The van der Waals surface area contributed by atoms with Crippen LogP contribution in [0.15, 0.2) is 0 Å². The topological polar surface area (TPSA) is 173 Å². The molecule has 2 amide bonds. The molecule has 9 heteroatoms. The zero-order valence-corrected chi connectivity index (χ0v) is 10.2. The van der Waals surface area contributed by atoms with Crippen LogP contribution in [-0.4, -0.2) is 74.4 Å². The SMILES string of the molecule is [2H]CC(=O)NC(=O)[C@@](O)(CCN)[C@@H](O)[C@H](O)[C@H](O)CO. The number of imide groups is 1. The van der Waals surface area contributed by atoms with Crippen molar-refractivity contribution in [2.24, 2.45) is 5.73 Å². The number of carbonyl (C=O) groups excluding carboxylic acids is 2. The molecule has 0 aliphatic heterocycles. The van der Waals surface area contributed by atoms with E-state index in [4.69, 9.17) is 12.2 Å². The van der Waals surface area contributed by atoms with Crippen molar-refractivity contribution in [1.82, 2.24) is 5.32 Å². The minimum Gasteiger partial charge on any atom is -0.394 e. The van der Waals surface area contributed by atoms with Crippen LogP contribution >= 0.6 is 0 Å². The Balaban J connectivity index is 5.16. The molecule has 0 spiro atoms. The van der Waals surface area contributed by atoms with Crippen LogP contribution in [0.3, 0.4) is 0 Å². The molecule has 0 saturated carbocycles. The second-order valence-corrected chi connectivity index (χ2v) is 4.03. The summed E-state index contributed by atoms with van der Waals surface area (Å²) >= 11 is 0. The number of hydrogen-bond donors (Lipinski definition) is 7. The van der Waals surface area contributed by atoms with E-state index in [0.717, 1.165) is 0 Å². The fourth-order valence-electron chi connectivity index (χ4n) is 1.45. The minimum absolute atomic E-state index is 0.266. The van der Waals surface area contributed by atoms with Crippen molar-refractivity contribution in [3.63, 3.8) is 0 Å². The van der Waals surface area contributed by atoms with E-state index >= 15 is 0 Å². The van der Waals surface area contributed by atoms with Crippen LogP contribution in [0.4, 0.5) is 0 Å². The van der Waals surface area contributed by atoms with E-state index in [1.807, 2.05) is 0 Å². The largest absolute Gasteiger partial charge is 0.394 e. The molecule has 0 unspecified atom stereocenters. The standard InChI is InChI=1S/C10H20N2O7/c1-5(14)12-9(18)10(19,2-3-11)8(17)7(16)6(15)4-13/h6-8,13,15-17,19H,2-4,11H2,1H3,(H,12,14,18)/t6-,7-,8+,10-/m1/s1/i1D. The van der Waals surface area contributed by atoms with Gasteiger partial charge in [-0.1, -0.05) is 0 Å². The molecule has 0 aromatic rings. The molecule has 112 valence electrons. The van der Waals surface area contributed by atoms with E-state index in [-0.39, 0.29) is 6.54 Å². The van der Waals surface area contributed by atoms with Gasteiger partial charge in [-0.2, -0.15) is 0 Å². The molecule has 0 aliphatic carbocycles. The van der Waals surface area contributed by atoms with Gasteiger partial charge < -0.3 is 31.3 Å². The summed E-state index contributed by atoms with van der Waals surface area (Å²) in [5.74, 6) is -2.37. The molecule has 9 nitrogen and oxygen atoms in total. The van der Waals surface area contributed by atoms with Crippen molar-refractivity contribution in [1.29, 1.82) is 0 Å². The molecule has 0 saturated heterocycles. The van der Waals surface area contributed by atoms with Crippen LogP contribution in [0, 0.1) is 0 Å². The van der Waals surface area contributed by atoms with E-state index < -0.39 is 55.7 Å². The Morgan fingerprint density at radius 2 is 2.00 bits per heavy atom. The van der Waals surface area contributed by atoms with E-state index in [9.17, 15) is 30.0 Å². The number of nitrogens with one attached hydrogen (secondary N) is 1. The highest BCUT2D eigenvalue weighted by atomic mass is 16.4. The van der Waals surface area contributed by atoms with Crippen molar-refractivity contribution >= 4 is 11.8 Å². The molecular formula is C10H20N2O7. The summed E-state index contributed by atoms with van der Waals surface area (Å²) in [6.07, 6.45) is -6.53. The van der Waals surface area contributed by atoms with Gasteiger partial charge in [-0.05, 0) is 6.54 Å². The maximum Gasteiger partial charge on any atom is 0.261 e. The summed E-state index contributed by atoms with van der Waals surface area (Å²) in [6.45, 7) is -1.95. The fraction of sp³-hybridized carbons (Fsp3) is 0.800. The smallest absolute Gasteiger partial charge is 0.261 e. The Bertz CT molecular complexity index is 344. The summed E-state index contributed by atoms with van der Waals surface area (Å²) in [4.78, 5) is 22.7. The lowest BCUT2D eigenvalue weighted by Crippen LogP contribution is -2.62. The Hall–Kier alpha value is -1.10. The number of aliphatic hydroxyl groups is 5. The predicted molar refractivity (Wildman–Crippen MR) is 62.6 cm³/mol. The van der Waals surface area contributed by atoms with Gasteiger partial charge in [0.05, 0.1) is 6.61 Å². The number of nitrogens with two attached hydrogens (primary N) is 1. The highest BCUT2D eigenvalue weighted by molar-refractivity contribution is 5.98. The molecule has 8 N–H and O–H groups in total. The van der Waals surface area contributed by atoms with Gasteiger partial charge in [0, 0.05) is 14.7 Å². The highest BCUT2D eigenvalue weighted by Gasteiger charge is 2.47. The van der Waals surface area contributed by atoms with Crippen molar-refractivity contribution in [3.8, 4) is 0 Å². The third-order valence-corrected chi connectivity index (χ3v) is 2.57. The fourth-order valence-corrected chi connectivity index (χ4v) is 1.45. The van der Waals surface area contributed by atoms with E-state index in [1.54, 1.807) is 5.32 Å². The lowest BCUT2D eigenvalue weighted by atomic mass is 9.86. The Morgan fingerprint density at radius 1 is 1.42 bits per heavy atom. The highest BCUT2D eigenvalue weighted by Crippen LogP contribution is 2.20. The van der Waals surface area contributed by atoms with Crippen molar-refractivity contribution in [2.45, 2.75) is 37.2 Å². The number of hydrogen-bond acceptors (Lipinski definition) is 8. The van der Waals surface area contributed by atoms with Crippen LogP contribution in [0.1, 0.15) is 14.7 Å². The van der Waals surface area contributed by atoms with E-state index in [1.165, 1.54) is 0 Å². The summed E-state index contributed by atoms with van der Waals surface area (Å²) in [6, 6.07) is 0. The summed E-state index contributed by atoms with van der Waals surface area (Å²) in [5.41, 5.74) is 2.55. The summed E-state index contributed by atoms with van der Waals surface area (Å²) in [5, 5.41) is 48.9. The Labute approximate surface area is 111 Å². The monoisotopic (exact) mass is 281 g/mol. The van der Waals surface area contributed by atoms with Gasteiger partial charge in [0.1, 0.15) is 18.3 Å². The van der Waals surface area contributed by atoms with Gasteiger partial charge >= 0.3 is 0 Å². The molecule has 0 radical (unpaired) electrons. The zero-order chi connectivity index (χ0) is 15.9. The van der Waals surface area contributed by atoms with Gasteiger partial charge in [0.2, 0.25) is 5.91 Å². The molecule has 0 aromatic carbocycles. The Morgan fingerprint density at radius 3 is 2.42 bits per heavy atom. The first-order valence-corrected chi connectivity index (χ1v) is 5.45. The van der Waals surface area contributed by atoms with Gasteiger partial charge in [-0.3, -0.25) is 14.9 Å². The first kappa shape index (κ1) is 16.0. The number of carbonyl (C=O) groups is 2. The Kier molecular flexibility index (Phi) is 6.28. The molecule has 0 fully saturated rings. The third-order valence-electron chi connectivity index (χ3n) is 2.57. The quantitative estimate of drug-likeness (QED) is 0.246. The average Bonchev–Trinajstić information content (AvgIpc) is 2.44. The van der Waals surface area contributed by atoms with Gasteiger partial charge in [0.15, 0.2) is 5.60 Å². The molecular weight excluding hydrogens is 260 g/mol. The lowest BCUT2D eigenvalue weighted by molar-refractivity contribution is -0.178. The molecule has 0 bridgehead atoms. The summed E-state index contributed by atoms with van der Waals surface area (Å²) in [7, 11) is 0. The van der Waals surface area contributed by atoms with Crippen molar-refractivity contribution in [3.05, 3.63) is 0 Å². The second kappa shape index (κ2) is 7.48. The first-order valence-electron chi connectivity index (χ1n) is 6.16. The number of aliphatic hydroxyl groups excluding tert-OH is 4. The minimum atomic E-state index is -2.64. The average molecular weight is 281 g/mol. The van der Waals surface area contributed by atoms with E-state index in [2.05, 4.69) is 0 Å². The van der Waals surface area contributed by atoms with Crippen LogP contribution in [0.25, 0.3) is 0 Å². The lowest BCUT2D eigenvalue weighted by Gasteiger charge is -2.34. The molecule has 19 heavy (non-hydrogen) atoms. The predicted octanol–water partition coefficient (Wildman–Crippen LogP) is -4.20. The van der Waals surface area contributed by atoms with Crippen LogP contribution in [0.2, 0.25) is 0 Å². The molecule has 4 atom stereocenters. The molecule has 0 heterocycles. The maximum absolute atomic E-state index is 11.7. The van der Waals surface area contributed by atoms with Crippen LogP contribution in [-0.2, 0) is 9.59 Å². The van der Waals surface area contributed by atoms with Crippen LogP contribution in [0.5, 0.6) is 0 Å². The molecule has 0 rings (SSSR count). The van der Waals surface area contributed by atoms with Gasteiger partial charge in [-0.25, -0.2) is 0 Å². The van der Waals surface area contributed by atoms with Crippen molar-refractivity contribution < 1.29 is 36.5 Å². The normalized spacial score (nSPS) is 19.8. The number of rotatable bonds is 7. The molecule has 0 aliphatic rings. The first-order chi connectivity index (χ1) is 9.24. The maximum atomic E-state index is 11.7. The van der Waals surface area contributed by atoms with Gasteiger partial charge in [0.25, 0.3) is 5.91 Å². The summed E-state index contributed by atoms with van der Waals surface area (Å²) < 4.78 is 6.74. The van der Waals surface area contributed by atoms with Gasteiger partial charge in [-0.15, -0.1) is 0 Å². The third kappa shape index (κ3) is 4.49. The van der Waals surface area contributed by atoms with E-state index in [0.29, 0.717) is 0 Å². The second-order valence-electron chi connectivity index (χ2n) is 4.03. The van der Waals surface area contributed by atoms with Crippen LogP contribution < -0.4 is 11.1 Å².